The Balaban J connectivity index is 1.41. The van der Waals surface area contributed by atoms with E-state index in [9.17, 15) is 19.2 Å². The largest absolute Gasteiger partial charge is 0.467 e. The van der Waals surface area contributed by atoms with Crippen LogP contribution in [-0.2, 0) is 20.7 Å². The van der Waals surface area contributed by atoms with E-state index >= 15 is 0 Å². The summed E-state index contributed by atoms with van der Waals surface area (Å²) in [7, 11) is 1.27. The second kappa shape index (κ2) is 12.7. The Morgan fingerprint density at radius 2 is 1.85 bits per heavy atom. The van der Waals surface area contributed by atoms with Gasteiger partial charge in [0.15, 0.2) is 0 Å². The third-order valence-electron chi connectivity index (χ3n) is 8.57. The van der Waals surface area contributed by atoms with E-state index in [0.29, 0.717) is 50.0 Å². The minimum Gasteiger partial charge on any atom is -0.467 e. The zero-order valence-electron chi connectivity index (χ0n) is 26.1. The van der Waals surface area contributed by atoms with Crippen LogP contribution in [-0.4, -0.2) is 59.3 Å². The van der Waals surface area contributed by atoms with Crippen LogP contribution in [0.25, 0.3) is 10.9 Å². The predicted octanol–water partition coefficient (Wildman–Crippen LogP) is 3.35. The van der Waals surface area contributed by atoms with E-state index in [-0.39, 0.29) is 22.7 Å². The first-order valence-corrected chi connectivity index (χ1v) is 15.4. The van der Waals surface area contributed by atoms with Crippen LogP contribution in [0.1, 0.15) is 63.9 Å². The second-order valence-corrected chi connectivity index (χ2v) is 11.7. The van der Waals surface area contributed by atoms with Gasteiger partial charge in [0.25, 0.3) is 17.4 Å². The molecule has 0 saturated heterocycles. The second-order valence-electron chi connectivity index (χ2n) is 11.7. The van der Waals surface area contributed by atoms with Gasteiger partial charge in [-0.2, -0.15) is 0 Å². The first-order chi connectivity index (χ1) is 22.2. The molecule has 0 spiro atoms. The molecule has 2 aliphatic rings. The van der Waals surface area contributed by atoms with Gasteiger partial charge in [-0.1, -0.05) is 42.0 Å². The van der Waals surface area contributed by atoms with Crippen LogP contribution in [0.4, 0.5) is 5.69 Å². The number of nitrogens with one attached hydrogen (secondary N) is 1. The topological polar surface area (TPSA) is 149 Å². The van der Waals surface area contributed by atoms with Gasteiger partial charge in [0, 0.05) is 23.2 Å². The quantitative estimate of drug-likeness (QED) is 0.215. The molecule has 0 fully saturated rings. The predicted molar refractivity (Wildman–Crippen MR) is 175 cm³/mol. The van der Waals surface area contributed by atoms with Gasteiger partial charge in [-0.25, -0.2) is 14.8 Å². The number of ether oxygens (including phenoxy) is 1. The zero-order valence-corrected chi connectivity index (χ0v) is 26.1. The number of nitrogens with zero attached hydrogens (tertiary/aromatic N) is 4. The van der Waals surface area contributed by atoms with Crippen molar-refractivity contribution in [2.75, 3.05) is 25.1 Å². The van der Waals surface area contributed by atoms with Gasteiger partial charge < -0.3 is 20.7 Å². The normalized spacial score (nSPS) is 16.1. The van der Waals surface area contributed by atoms with E-state index < -0.39 is 29.6 Å². The minimum atomic E-state index is -1.18. The molecule has 11 nitrogen and oxygen atoms in total. The van der Waals surface area contributed by atoms with Crippen molar-refractivity contribution < 1.29 is 19.1 Å². The average Bonchev–Trinajstić information content (AvgIpc) is 3.44. The van der Waals surface area contributed by atoms with Gasteiger partial charge in [0.05, 0.1) is 29.4 Å². The number of methoxy groups -OCH3 is 1. The number of anilines is 1. The maximum Gasteiger partial charge on any atom is 0.328 e. The molecule has 4 aromatic rings. The van der Waals surface area contributed by atoms with Gasteiger partial charge in [0.2, 0.25) is 6.17 Å². The number of nitrogens with two attached hydrogens (primary N) is 1. The van der Waals surface area contributed by atoms with Crippen LogP contribution in [0.2, 0.25) is 0 Å². The van der Waals surface area contributed by atoms with Crippen LogP contribution in [0.5, 0.6) is 0 Å². The molecule has 46 heavy (non-hydrogen) atoms. The number of carbonyl (C=O) groups excluding carboxylic acids is 3. The summed E-state index contributed by atoms with van der Waals surface area (Å²) in [5.74, 6) is -1.07. The maximum atomic E-state index is 14.2. The lowest BCUT2D eigenvalue weighted by Gasteiger charge is -2.23. The Hall–Kier alpha value is -5.16. The molecule has 2 atom stereocenters. The fraction of sp³-hybridized carbons (Fsp3) is 0.314. The summed E-state index contributed by atoms with van der Waals surface area (Å²) in [5.41, 5.74) is 11.0. The molecular formula is C35H36N6O5. The van der Waals surface area contributed by atoms with Crippen LogP contribution in [0.3, 0.4) is 0 Å². The van der Waals surface area contributed by atoms with E-state index in [2.05, 4.69) is 16.4 Å². The van der Waals surface area contributed by atoms with Crippen molar-refractivity contribution in [2.45, 2.75) is 51.7 Å². The van der Waals surface area contributed by atoms with E-state index in [4.69, 9.17) is 15.5 Å². The molecular weight excluding hydrogens is 584 g/mol. The van der Waals surface area contributed by atoms with Crippen molar-refractivity contribution in [1.29, 1.82) is 0 Å². The number of esters is 1. The van der Waals surface area contributed by atoms with Crippen molar-refractivity contribution in [3.05, 3.63) is 105 Å². The molecule has 236 valence electrons. The minimum absolute atomic E-state index is 0.231. The van der Waals surface area contributed by atoms with Crippen LogP contribution < -0.4 is 21.5 Å². The lowest BCUT2D eigenvalue weighted by Crippen LogP contribution is -2.41. The maximum absolute atomic E-state index is 14.2. The van der Waals surface area contributed by atoms with Crippen molar-refractivity contribution in [3.63, 3.8) is 0 Å². The average molecular weight is 621 g/mol. The number of aryl methyl sites for hydroxylation is 2. The highest BCUT2D eigenvalue weighted by molar-refractivity contribution is 6.20. The number of rotatable bonds is 9. The molecule has 0 aliphatic carbocycles. The van der Waals surface area contributed by atoms with Crippen LogP contribution in [0, 0.1) is 13.8 Å². The van der Waals surface area contributed by atoms with Gasteiger partial charge in [-0.3, -0.25) is 19.0 Å². The molecule has 2 aliphatic heterocycles. The molecule has 3 N–H and O–H groups in total. The van der Waals surface area contributed by atoms with Gasteiger partial charge in [-0.05, 0) is 75.9 Å². The molecule has 2 amide bonds. The Labute approximate surface area is 266 Å². The fourth-order valence-corrected chi connectivity index (χ4v) is 6.35. The molecule has 0 radical (unpaired) electrons. The smallest absolute Gasteiger partial charge is 0.328 e. The van der Waals surface area contributed by atoms with Crippen LogP contribution >= 0.6 is 0 Å². The summed E-state index contributed by atoms with van der Waals surface area (Å²) in [5, 5.41) is 2.96. The first-order valence-electron chi connectivity index (χ1n) is 15.4. The van der Waals surface area contributed by atoms with Gasteiger partial charge in [0.1, 0.15) is 11.9 Å². The number of hydrogen-bond acceptors (Lipinski definition) is 8. The van der Waals surface area contributed by atoms with Gasteiger partial charge >= 0.3 is 5.97 Å². The lowest BCUT2D eigenvalue weighted by molar-refractivity contribution is -0.143. The third-order valence-corrected chi connectivity index (χ3v) is 8.57. The van der Waals surface area contributed by atoms with E-state index in [1.54, 1.807) is 11.8 Å². The molecule has 2 unspecified atom stereocenters. The summed E-state index contributed by atoms with van der Waals surface area (Å²) in [6.45, 7) is 4.65. The van der Waals surface area contributed by atoms with Gasteiger partial charge in [-0.15, -0.1) is 0 Å². The Morgan fingerprint density at radius 3 is 2.59 bits per heavy atom. The highest BCUT2D eigenvalue weighted by atomic mass is 16.5. The monoisotopic (exact) mass is 620 g/mol. The third kappa shape index (κ3) is 5.58. The number of unbranched alkanes of at least 4 members (excludes halogenated alkanes) is 1. The highest BCUT2D eigenvalue weighted by Crippen LogP contribution is 2.39. The first kappa shape index (κ1) is 30.8. The van der Waals surface area contributed by atoms with Crippen molar-refractivity contribution in [2.24, 2.45) is 10.7 Å². The van der Waals surface area contributed by atoms with E-state index in [0.717, 1.165) is 27.9 Å². The standard InChI is InChI=1S/C35H36N6O5/c1-20-17-23-14-16-40-30(23)26(18-20)29(22-9-5-4-6-10-22)39-31(34(40)44)41-21(2)37-28-19-24(12-13-25(28)33(41)43)32(42)38-27(35(45)46-3)11-7-8-15-36/h4-6,9-10,12-13,17-19,27,31H,7-8,11,14-16,36H2,1-3H3,(H,38,42). The lowest BCUT2D eigenvalue weighted by atomic mass is 9.96. The number of aliphatic imine (C=N–C) groups is 1. The number of benzene rings is 3. The number of hydrogen-bond donors (Lipinski definition) is 2. The van der Waals surface area contributed by atoms with Crippen molar-refractivity contribution >= 4 is 40.1 Å². The van der Waals surface area contributed by atoms with E-state index in [1.165, 1.54) is 29.9 Å². The summed E-state index contributed by atoms with van der Waals surface area (Å²) >= 11 is 0. The molecule has 11 heteroatoms. The number of aromatic nitrogens is 2. The number of carbonyl (C=O) groups is 3. The number of amides is 2. The summed E-state index contributed by atoms with van der Waals surface area (Å²) in [4.78, 5) is 65.2. The molecule has 0 saturated carbocycles. The summed E-state index contributed by atoms with van der Waals surface area (Å²) in [6, 6.07) is 17.5. The molecule has 0 bridgehead atoms. The Morgan fingerprint density at radius 1 is 1.07 bits per heavy atom. The number of fused-ring (bicyclic) bond motifs is 1. The molecule has 3 aromatic carbocycles. The van der Waals surface area contributed by atoms with Crippen LogP contribution in [0.15, 0.2) is 70.5 Å². The molecule has 3 heterocycles. The van der Waals surface area contributed by atoms with E-state index in [1.807, 2.05) is 43.3 Å². The Bertz CT molecular complexity index is 1950. The van der Waals surface area contributed by atoms with Crippen molar-refractivity contribution in [1.82, 2.24) is 14.9 Å². The summed E-state index contributed by atoms with van der Waals surface area (Å²) < 4.78 is 6.21. The fourth-order valence-electron chi connectivity index (χ4n) is 6.35. The zero-order chi connectivity index (χ0) is 32.5. The SMILES string of the molecule is COC(=O)C(CCCCN)NC(=O)c1ccc2c(=O)n(C3N=C(c4ccccc4)c4cc(C)cc5c4N(CC5)C3=O)c(C)nc2c1. The van der Waals surface area contributed by atoms with Crippen molar-refractivity contribution in [3.8, 4) is 0 Å². The molecule has 6 rings (SSSR count). The summed E-state index contributed by atoms with van der Waals surface area (Å²) in [6.07, 6.45) is 1.26. The Kier molecular flexibility index (Phi) is 8.50. The molecule has 1 aromatic heterocycles. The highest BCUT2D eigenvalue weighted by Gasteiger charge is 2.38.